The fourth-order valence-electron chi connectivity index (χ4n) is 2.95. The van der Waals surface area contributed by atoms with Gasteiger partial charge in [-0.25, -0.2) is 9.98 Å². The van der Waals surface area contributed by atoms with Gasteiger partial charge in [-0.3, -0.25) is 0 Å². The maximum absolute atomic E-state index is 5.37. The zero-order valence-electron chi connectivity index (χ0n) is 17.6. The van der Waals surface area contributed by atoms with E-state index in [4.69, 9.17) is 14.5 Å². The first-order valence-electron chi connectivity index (χ1n) is 9.96. The fourth-order valence-corrected chi connectivity index (χ4v) is 3.74. The van der Waals surface area contributed by atoms with Crippen LogP contribution in [-0.2, 0) is 19.4 Å². The summed E-state index contributed by atoms with van der Waals surface area (Å²) in [6.45, 7) is 3.32. The van der Waals surface area contributed by atoms with Crippen LogP contribution in [0.1, 0.15) is 23.2 Å². The van der Waals surface area contributed by atoms with Gasteiger partial charge >= 0.3 is 0 Å². The van der Waals surface area contributed by atoms with Crippen molar-refractivity contribution in [2.75, 3.05) is 26.1 Å². The molecular formula is C23H28N4O2S. The Morgan fingerprint density at radius 2 is 1.83 bits per heavy atom. The van der Waals surface area contributed by atoms with Gasteiger partial charge in [0.1, 0.15) is 0 Å². The maximum atomic E-state index is 5.37. The van der Waals surface area contributed by atoms with Crippen molar-refractivity contribution in [3.63, 3.8) is 0 Å². The summed E-state index contributed by atoms with van der Waals surface area (Å²) in [5.41, 5.74) is 3.18. The average Bonchev–Trinajstić information content (AvgIpc) is 3.24. The minimum absolute atomic E-state index is 0.518. The highest BCUT2D eigenvalue weighted by molar-refractivity contribution is 7.09. The second-order valence-electron chi connectivity index (χ2n) is 6.61. The molecule has 2 aromatic carbocycles. The molecule has 0 fully saturated rings. The van der Waals surface area contributed by atoms with Gasteiger partial charge in [0.15, 0.2) is 17.5 Å². The van der Waals surface area contributed by atoms with Gasteiger partial charge in [0.05, 0.1) is 31.5 Å². The Bertz CT molecular complexity index is 957. The molecule has 3 rings (SSSR count). The minimum Gasteiger partial charge on any atom is -0.493 e. The first-order valence-corrected chi connectivity index (χ1v) is 10.8. The highest BCUT2D eigenvalue weighted by atomic mass is 32.1. The van der Waals surface area contributed by atoms with Gasteiger partial charge in [-0.15, -0.1) is 11.3 Å². The van der Waals surface area contributed by atoms with Crippen LogP contribution in [0, 0.1) is 0 Å². The molecule has 0 aliphatic carbocycles. The van der Waals surface area contributed by atoms with E-state index in [0.29, 0.717) is 24.0 Å². The maximum Gasteiger partial charge on any atom is 0.196 e. The zero-order chi connectivity index (χ0) is 21.2. The first kappa shape index (κ1) is 21.6. The van der Waals surface area contributed by atoms with Crippen molar-refractivity contribution in [3.05, 3.63) is 70.2 Å². The van der Waals surface area contributed by atoms with Gasteiger partial charge in [0.25, 0.3) is 0 Å². The Kier molecular flexibility index (Phi) is 8.09. The van der Waals surface area contributed by atoms with Crippen LogP contribution in [0.4, 0.5) is 5.69 Å². The molecule has 7 heteroatoms. The predicted octanol–water partition coefficient (Wildman–Crippen LogP) is 4.52. The van der Waals surface area contributed by atoms with E-state index in [2.05, 4.69) is 45.3 Å². The van der Waals surface area contributed by atoms with E-state index in [1.807, 2.05) is 31.2 Å². The van der Waals surface area contributed by atoms with Crippen LogP contribution in [-0.4, -0.2) is 31.7 Å². The Morgan fingerprint density at radius 3 is 2.57 bits per heavy atom. The lowest BCUT2D eigenvalue weighted by molar-refractivity contribution is 0.355. The molecule has 0 saturated heterocycles. The third kappa shape index (κ3) is 6.22. The van der Waals surface area contributed by atoms with E-state index >= 15 is 0 Å². The number of ether oxygens (including phenoxy) is 2. The molecule has 158 valence electrons. The van der Waals surface area contributed by atoms with Crippen LogP contribution in [0.3, 0.4) is 0 Å². The molecule has 0 atom stereocenters. The number of aliphatic imine (C=N–C) groups is 1. The summed E-state index contributed by atoms with van der Waals surface area (Å²) in [7, 11) is 3.25. The number of aromatic nitrogens is 1. The summed E-state index contributed by atoms with van der Waals surface area (Å²) in [5.74, 6) is 2.06. The van der Waals surface area contributed by atoms with Gasteiger partial charge < -0.3 is 20.1 Å². The Balaban J connectivity index is 1.61. The van der Waals surface area contributed by atoms with Crippen LogP contribution in [0.2, 0.25) is 0 Å². The molecule has 0 aliphatic rings. The molecule has 2 N–H and O–H groups in total. The number of hydrogen-bond donors (Lipinski definition) is 2. The van der Waals surface area contributed by atoms with Crippen molar-refractivity contribution in [1.29, 1.82) is 0 Å². The SMILES string of the molecule is CCNC(=NCc1csc(CCc2ccccc2)n1)Nc1ccc(OC)c(OC)c1. The van der Waals surface area contributed by atoms with Crippen LogP contribution in [0.5, 0.6) is 11.5 Å². The van der Waals surface area contributed by atoms with Gasteiger partial charge in [0, 0.05) is 30.1 Å². The number of rotatable bonds is 9. The first-order chi connectivity index (χ1) is 14.7. The molecule has 0 saturated carbocycles. The number of hydrogen-bond acceptors (Lipinski definition) is 5. The van der Waals surface area contributed by atoms with Gasteiger partial charge in [-0.1, -0.05) is 30.3 Å². The molecule has 1 heterocycles. The molecule has 30 heavy (non-hydrogen) atoms. The van der Waals surface area contributed by atoms with Crippen molar-refractivity contribution >= 4 is 23.0 Å². The van der Waals surface area contributed by atoms with Crippen molar-refractivity contribution in [2.24, 2.45) is 4.99 Å². The third-order valence-corrected chi connectivity index (χ3v) is 5.42. The highest BCUT2D eigenvalue weighted by Gasteiger charge is 2.07. The molecular weight excluding hydrogens is 396 g/mol. The number of aryl methyl sites for hydroxylation is 2. The molecule has 0 radical (unpaired) electrons. The second kappa shape index (κ2) is 11.2. The third-order valence-electron chi connectivity index (χ3n) is 4.46. The van der Waals surface area contributed by atoms with E-state index in [9.17, 15) is 0 Å². The summed E-state index contributed by atoms with van der Waals surface area (Å²) in [6, 6.07) is 16.2. The summed E-state index contributed by atoms with van der Waals surface area (Å²) in [5, 5.41) is 9.80. The van der Waals surface area contributed by atoms with E-state index in [-0.39, 0.29) is 0 Å². The van der Waals surface area contributed by atoms with Crippen LogP contribution < -0.4 is 20.1 Å². The normalized spacial score (nSPS) is 11.2. The molecule has 0 amide bonds. The summed E-state index contributed by atoms with van der Waals surface area (Å²) in [6.07, 6.45) is 1.95. The number of anilines is 1. The number of nitrogens with zero attached hydrogens (tertiary/aromatic N) is 2. The minimum atomic E-state index is 0.518. The molecule has 3 aromatic rings. The smallest absolute Gasteiger partial charge is 0.196 e. The van der Waals surface area contributed by atoms with Crippen LogP contribution >= 0.6 is 11.3 Å². The van der Waals surface area contributed by atoms with Crippen LogP contribution in [0.25, 0.3) is 0 Å². The molecule has 0 bridgehead atoms. The molecule has 0 spiro atoms. The van der Waals surface area contributed by atoms with Crippen molar-refractivity contribution < 1.29 is 9.47 Å². The van der Waals surface area contributed by atoms with E-state index in [1.165, 1.54) is 5.56 Å². The molecule has 6 nitrogen and oxygen atoms in total. The predicted molar refractivity (Wildman–Crippen MR) is 124 cm³/mol. The second-order valence-corrected chi connectivity index (χ2v) is 7.55. The summed E-state index contributed by atoms with van der Waals surface area (Å²) >= 11 is 1.70. The number of thiazole rings is 1. The lowest BCUT2D eigenvalue weighted by Gasteiger charge is -2.13. The van der Waals surface area contributed by atoms with Crippen molar-refractivity contribution in [1.82, 2.24) is 10.3 Å². The lowest BCUT2D eigenvalue weighted by Crippen LogP contribution is -2.30. The number of guanidine groups is 1. The Hall–Kier alpha value is -3.06. The molecule has 1 aromatic heterocycles. The zero-order valence-corrected chi connectivity index (χ0v) is 18.5. The van der Waals surface area contributed by atoms with Crippen molar-refractivity contribution in [2.45, 2.75) is 26.3 Å². The monoisotopic (exact) mass is 424 g/mol. The van der Waals surface area contributed by atoms with Gasteiger partial charge in [-0.2, -0.15) is 0 Å². The van der Waals surface area contributed by atoms with E-state index in [1.54, 1.807) is 25.6 Å². The standard InChI is InChI=1S/C23H28N4O2S/c1-4-24-23(27-18-11-12-20(28-2)21(14-18)29-3)25-15-19-16-30-22(26-19)13-10-17-8-6-5-7-9-17/h5-9,11-12,14,16H,4,10,13,15H2,1-3H3,(H2,24,25,27). The molecule has 0 unspecified atom stereocenters. The largest absolute Gasteiger partial charge is 0.493 e. The highest BCUT2D eigenvalue weighted by Crippen LogP contribution is 2.29. The number of benzene rings is 2. The van der Waals surface area contributed by atoms with E-state index in [0.717, 1.165) is 35.8 Å². The summed E-state index contributed by atoms with van der Waals surface area (Å²) in [4.78, 5) is 9.41. The quantitative estimate of drug-likeness (QED) is 0.390. The van der Waals surface area contributed by atoms with Crippen LogP contribution in [0.15, 0.2) is 58.9 Å². The van der Waals surface area contributed by atoms with Gasteiger partial charge in [-0.05, 0) is 31.0 Å². The number of nitrogens with one attached hydrogen (secondary N) is 2. The lowest BCUT2D eigenvalue weighted by atomic mass is 10.1. The summed E-state index contributed by atoms with van der Waals surface area (Å²) < 4.78 is 10.7. The Morgan fingerprint density at radius 1 is 1.03 bits per heavy atom. The number of methoxy groups -OCH3 is 2. The van der Waals surface area contributed by atoms with E-state index < -0.39 is 0 Å². The topological polar surface area (TPSA) is 67.8 Å². The Labute approximate surface area is 182 Å². The fraction of sp³-hybridized carbons (Fsp3) is 0.304. The average molecular weight is 425 g/mol. The molecule has 0 aliphatic heterocycles. The van der Waals surface area contributed by atoms with Gasteiger partial charge in [0.2, 0.25) is 0 Å². The van der Waals surface area contributed by atoms with Crippen molar-refractivity contribution in [3.8, 4) is 11.5 Å².